The lowest BCUT2D eigenvalue weighted by Gasteiger charge is -2.38. The van der Waals surface area contributed by atoms with Gasteiger partial charge in [0.15, 0.2) is 23.4 Å². The number of aliphatic carboxylic acids is 1. The molecule has 34 heavy (non-hydrogen) atoms. The summed E-state index contributed by atoms with van der Waals surface area (Å²) in [5, 5.41) is 78.3. The van der Waals surface area contributed by atoms with E-state index in [1.54, 1.807) is 0 Å². The molecule has 13 heteroatoms. The molecule has 0 saturated carbocycles. The van der Waals surface area contributed by atoms with Crippen molar-refractivity contribution >= 4 is 16.9 Å². The van der Waals surface area contributed by atoms with E-state index in [2.05, 4.69) is 0 Å². The first-order chi connectivity index (χ1) is 16.0. The Hall–Kier alpha value is -4.04. The van der Waals surface area contributed by atoms with E-state index in [1.807, 2.05) is 0 Å². The van der Waals surface area contributed by atoms with Crippen molar-refractivity contribution in [1.29, 1.82) is 0 Å². The van der Waals surface area contributed by atoms with E-state index in [9.17, 15) is 50.4 Å². The second kappa shape index (κ2) is 8.39. The second-order valence-corrected chi connectivity index (χ2v) is 7.48. The highest BCUT2D eigenvalue weighted by Crippen LogP contribution is 2.39. The molecule has 0 amide bonds. The maximum absolute atomic E-state index is 13.2. The first kappa shape index (κ1) is 23.1. The van der Waals surface area contributed by atoms with E-state index in [0.29, 0.717) is 0 Å². The van der Waals surface area contributed by atoms with Crippen LogP contribution in [-0.2, 0) is 9.53 Å². The number of benzene rings is 2. The van der Waals surface area contributed by atoms with Crippen molar-refractivity contribution in [2.24, 2.45) is 0 Å². The Bertz CT molecular complexity index is 1330. The number of fused-ring (bicyclic) bond motifs is 1. The van der Waals surface area contributed by atoms with Crippen molar-refractivity contribution in [3.63, 3.8) is 0 Å². The largest absolute Gasteiger partial charge is 0.508 e. The van der Waals surface area contributed by atoms with Crippen LogP contribution in [0, 0.1) is 0 Å². The molecular formula is C21H18O13. The number of ether oxygens (including phenoxy) is 2. The van der Waals surface area contributed by atoms with E-state index in [0.717, 1.165) is 24.3 Å². The highest BCUT2D eigenvalue weighted by atomic mass is 16.7. The van der Waals surface area contributed by atoms with E-state index in [1.165, 1.54) is 6.07 Å². The van der Waals surface area contributed by atoms with Crippen molar-refractivity contribution in [2.75, 3.05) is 0 Å². The Morgan fingerprint density at radius 3 is 2.24 bits per heavy atom. The fourth-order valence-electron chi connectivity index (χ4n) is 3.50. The standard InChI is InChI=1S/C21H18O13/c22-7-4-10(25)12-11(5-7)32-17(6-1-2-8(23)9(24)3-6)18(13(12)26)33-21-16(29)14(27)15(28)19(34-21)20(30)31/h1-5,14-16,19,21-25,27-29H,(H,30,31)/t14?,15-,16?,19+,21-/m1/s1. The van der Waals surface area contributed by atoms with Crippen molar-refractivity contribution in [1.82, 2.24) is 0 Å². The summed E-state index contributed by atoms with van der Waals surface area (Å²) in [5.41, 5.74) is -1.40. The SMILES string of the molecule is O=C(O)[C@H]1O[C@@H](Oc2c(-c3ccc(O)c(O)c3)oc3cc(O)cc(O)c3c2=O)C(O)C(O)[C@H]1O. The molecule has 1 aliphatic rings. The van der Waals surface area contributed by atoms with Crippen LogP contribution in [0.3, 0.4) is 0 Å². The van der Waals surface area contributed by atoms with Crippen molar-refractivity contribution in [3.8, 4) is 40.1 Å². The first-order valence-corrected chi connectivity index (χ1v) is 9.64. The maximum atomic E-state index is 13.2. The zero-order valence-electron chi connectivity index (χ0n) is 16.9. The van der Waals surface area contributed by atoms with E-state index in [-0.39, 0.29) is 11.1 Å². The van der Waals surface area contributed by atoms with Crippen LogP contribution in [-0.4, -0.2) is 77.5 Å². The van der Waals surface area contributed by atoms with Gasteiger partial charge in [-0.1, -0.05) is 0 Å². The third-order valence-electron chi connectivity index (χ3n) is 5.20. The van der Waals surface area contributed by atoms with Crippen LogP contribution in [0.25, 0.3) is 22.3 Å². The van der Waals surface area contributed by atoms with Crippen LogP contribution < -0.4 is 10.2 Å². The highest BCUT2D eigenvalue weighted by molar-refractivity contribution is 5.88. The summed E-state index contributed by atoms with van der Waals surface area (Å²) in [6, 6.07) is 5.13. The second-order valence-electron chi connectivity index (χ2n) is 7.48. The summed E-state index contributed by atoms with van der Waals surface area (Å²) in [7, 11) is 0. The Kier molecular flexibility index (Phi) is 5.70. The fraction of sp³-hybridized carbons (Fsp3) is 0.238. The minimum Gasteiger partial charge on any atom is -0.508 e. The van der Waals surface area contributed by atoms with Gasteiger partial charge in [-0.3, -0.25) is 4.79 Å². The van der Waals surface area contributed by atoms with Gasteiger partial charge in [-0.05, 0) is 18.2 Å². The van der Waals surface area contributed by atoms with E-state index >= 15 is 0 Å². The summed E-state index contributed by atoms with van der Waals surface area (Å²) in [4.78, 5) is 24.6. The van der Waals surface area contributed by atoms with E-state index < -0.39 is 82.0 Å². The van der Waals surface area contributed by atoms with Gasteiger partial charge in [0.2, 0.25) is 17.5 Å². The monoisotopic (exact) mass is 478 g/mol. The van der Waals surface area contributed by atoms with Crippen LogP contribution in [0.2, 0.25) is 0 Å². The summed E-state index contributed by atoms with van der Waals surface area (Å²) in [6.45, 7) is 0. The molecule has 8 N–H and O–H groups in total. The number of carboxylic acid groups (broad SMARTS) is 1. The predicted molar refractivity (Wildman–Crippen MR) is 110 cm³/mol. The molecule has 1 saturated heterocycles. The first-order valence-electron chi connectivity index (χ1n) is 9.64. The van der Waals surface area contributed by atoms with Gasteiger partial charge in [0.1, 0.15) is 40.8 Å². The molecule has 0 aliphatic carbocycles. The topological polar surface area (TPSA) is 228 Å². The molecule has 0 spiro atoms. The van der Waals surface area contributed by atoms with Gasteiger partial charge in [0.05, 0.1) is 0 Å². The number of carboxylic acids is 1. The number of carbonyl (C=O) groups is 1. The number of rotatable bonds is 4. The molecule has 4 rings (SSSR count). The van der Waals surface area contributed by atoms with Crippen LogP contribution in [0.1, 0.15) is 0 Å². The summed E-state index contributed by atoms with van der Waals surface area (Å²) in [6.07, 6.45) is -10.1. The molecule has 0 bridgehead atoms. The normalized spacial score (nSPS) is 24.7. The van der Waals surface area contributed by atoms with Crippen molar-refractivity contribution < 1.29 is 59.5 Å². The Morgan fingerprint density at radius 2 is 1.59 bits per heavy atom. The number of aliphatic hydroxyl groups is 3. The zero-order valence-corrected chi connectivity index (χ0v) is 16.9. The average molecular weight is 478 g/mol. The molecule has 5 atom stereocenters. The molecule has 180 valence electrons. The lowest BCUT2D eigenvalue weighted by Crippen LogP contribution is -2.61. The molecule has 3 aromatic rings. The minimum absolute atomic E-state index is 0.0483. The van der Waals surface area contributed by atoms with E-state index in [4.69, 9.17) is 13.9 Å². The van der Waals surface area contributed by atoms with Gasteiger partial charge in [-0.15, -0.1) is 0 Å². The van der Waals surface area contributed by atoms with Crippen molar-refractivity contribution in [3.05, 3.63) is 40.6 Å². The molecule has 1 fully saturated rings. The maximum Gasteiger partial charge on any atom is 0.335 e. The van der Waals surface area contributed by atoms with Crippen LogP contribution in [0.5, 0.6) is 28.7 Å². The molecule has 2 aromatic carbocycles. The quantitative estimate of drug-likeness (QED) is 0.223. The minimum atomic E-state index is -2.03. The van der Waals surface area contributed by atoms with Gasteiger partial charge < -0.3 is 54.7 Å². The summed E-state index contributed by atoms with van der Waals surface area (Å²) in [5.74, 6) is -5.11. The van der Waals surface area contributed by atoms with Gasteiger partial charge in [-0.2, -0.15) is 0 Å². The van der Waals surface area contributed by atoms with Crippen LogP contribution in [0.4, 0.5) is 0 Å². The smallest absolute Gasteiger partial charge is 0.335 e. The number of phenols is 4. The van der Waals surface area contributed by atoms with Gasteiger partial charge in [-0.25, -0.2) is 4.79 Å². The predicted octanol–water partition coefficient (Wildman–Crippen LogP) is -0.447. The Labute approximate surface area is 188 Å². The third-order valence-corrected chi connectivity index (χ3v) is 5.20. The lowest BCUT2D eigenvalue weighted by atomic mass is 9.99. The van der Waals surface area contributed by atoms with Gasteiger partial charge >= 0.3 is 5.97 Å². The third kappa shape index (κ3) is 3.82. The van der Waals surface area contributed by atoms with Crippen LogP contribution in [0.15, 0.2) is 39.5 Å². The molecule has 1 aliphatic heterocycles. The average Bonchev–Trinajstić information content (AvgIpc) is 2.76. The highest BCUT2D eigenvalue weighted by Gasteiger charge is 2.48. The van der Waals surface area contributed by atoms with Crippen LogP contribution >= 0.6 is 0 Å². The Balaban J connectivity index is 1.91. The fourth-order valence-corrected chi connectivity index (χ4v) is 3.50. The molecule has 2 unspecified atom stereocenters. The molecule has 2 heterocycles. The van der Waals surface area contributed by atoms with Gasteiger partial charge in [0.25, 0.3) is 0 Å². The summed E-state index contributed by atoms with van der Waals surface area (Å²) < 4.78 is 16.1. The number of aliphatic hydroxyl groups excluding tert-OH is 3. The molecule has 1 aromatic heterocycles. The number of phenolic OH excluding ortho intramolecular Hbond substituents is 4. The lowest BCUT2D eigenvalue weighted by molar-refractivity contribution is -0.271. The summed E-state index contributed by atoms with van der Waals surface area (Å²) >= 11 is 0. The molecule has 0 radical (unpaired) electrons. The number of hydrogen-bond acceptors (Lipinski definition) is 12. The molecule has 13 nitrogen and oxygen atoms in total. The Morgan fingerprint density at radius 1 is 0.882 bits per heavy atom. The van der Waals surface area contributed by atoms with Gasteiger partial charge in [0, 0.05) is 17.7 Å². The number of hydrogen-bond donors (Lipinski definition) is 8. The molecular weight excluding hydrogens is 460 g/mol. The van der Waals surface area contributed by atoms with Crippen molar-refractivity contribution in [2.45, 2.75) is 30.7 Å². The number of aromatic hydroxyl groups is 4. The zero-order chi connectivity index (χ0) is 24.9.